The summed E-state index contributed by atoms with van der Waals surface area (Å²) in [6, 6.07) is 6.26. The van der Waals surface area contributed by atoms with Gasteiger partial charge in [-0.05, 0) is 42.6 Å². The lowest BCUT2D eigenvalue weighted by Gasteiger charge is -2.21. The van der Waals surface area contributed by atoms with Gasteiger partial charge < -0.3 is 10.1 Å². The summed E-state index contributed by atoms with van der Waals surface area (Å²) in [5.74, 6) is 1.48. The molecule has 1 N–H and O–H groups in total. The van der Waals surface area contributed by atoms with E-state index in [1.165, 1.54) is 5.56 Å². The van der Waals surface area contributed by atoms with Crippen molar-refractivity contribution in [3.05, 3.63) is 28.2 Å². The highest BCUT2D eigenvalue weighted by Gasteiger charge is 2.13. The monoisotopic (exact) mass is 313 g/mol. The second-order valence-corrected chi connectivity index (χ2v) is 5.71. The highest BCUT2D eigenvalue weighted by atomic mass is 79.9. The third-order valence-electron chi connectivity index (χ3n) is 2.96. The van der Waals surface area contributed by atoms with Gasteiger partial charge in [-0.2, -0.15) is 0 Å². The normalized spacial score (nSPS) is 12.8. The molecule has 2 nitrogen and oxygen atoms in total. The molecule has 0 saturated heterocycles. The standard InChI is InChI=1S/C15H24BrNO/c1-5-13(10-17-6-2)18-15-8-7-12(16)9-14(15)11(3)4/h7-9,11,13,17H,5-6,10H2,1-4H3. The van der Waals surface area contributed by atoms with Gasteiger partial charge in [-0.25, -0.2) is 0 Å². The van der Waals surface area contributed by atoms with Crippen LogP contribution in [0.15, 0.2) is 22.7 Å². The first kappa shape index (κ1) is 15.5. The van der Waals surface area contributed by atoms with Crippen molar-refractivity contribution < 1.29 is 4.74 Å². The molecule has 0 aliphatic heterocycles. The van der Waals surface area contributed by atoms with E-state index >= 15 is 0 Å². The lowest BCUT2D eigenvalue weighted by atomic mass is 10.0. The van der Waals surface area contributed by atoms with Crippen molar-refractivity contribution in [2.75, 3.05) is 13.1 Å². The van der Waals surface area contributed by atoms with Gasteiger partial charge in [0.25, 0.3) is 0 Å². The quantitative estimate of drug-likeness (QED) is 0.808. The SMILES string of the molecule is CCNCC(CC)Oc1ccc(Br)cc1C(C)C. The number of halogens is 1. The Bertz CT molecular complexity index is 366. The van der Waals surface area contributed by atoms with Crippen molar-refractivity contribution in [2.24, 2.45) is 0 Å². The number of rotatable bonds is 7. The third-order valence-corrected chi connectivity index (χ3v) is 3.46. The molecule has 18 heavy (non-hydrogen) atoms. The van der Waals surface area contributed by atoms with E-state index in [0.717, 1.165) is 29.7 Å². The van der Waals surface area contributed by atoms with E-state index in [0.29, 0.717) is 5.92 Å². The van der Waals surface area contributed by atoms with Crippen LogP contribution in [0.3, 0.4) is 0 Å². The third kappa shape index (κ3) is 4.62. The van der Waals surface area contributed by atoms with Crippen LogP contribution in [0, 0.1) is 0 Å². The minimum absolute atomic E-state index is 0.239. The molecule has 0 aromatic heterocycles. The summed E-state index contributed by atoms with van der Waals surface area (Å²) in [4.78, 5) is 0. The molecule has 1 aromatic rings. The van der Waals surface area contributed by atoms with Gasteiger partial charge in [0.1, 0.15) is 11.9 Å². The maximum atomic E-state index is 6.13. The fourth-order valence-electron chi connectivity index (χ4n) is 1.83. The summed E-state index contributed by atoms with van der Waals surface area (Å²) in [5.41, 5.74) is 1.26. The smallest absolute Gasteiger partial charge is 0.123 e. The van der Waals surface area contributed by atoms with E-state index in [1.54, 1.807) is 0 Å². The highest BCUT2D eigenvalue weighted by Crippen LogP contribution is 2.30. The second kappa shape index (κ2) is 7.80. The fourth-order valence-corrected chi connectivity index (χ4v) is 2.21. The maximum Gasteiger partial charge on any atom is 0.123 e. The summed E-state index contributed by atoms with van der Waals surface area (Å²) >= 11 is 3.52. The van der Waals surface area contributed by atoms with Crippen LogP contribution in [0.25, 0.3) is 0 Å². The molecular formula is C15H24BrNO. The van der Waals surface area contributed by atoms with Crippen LogP contribution in [0.1, 0.15) is 45.6 Å². The van der Waals surface area contributed by atoms with Gasteiger partial charge in [-0.1, -0.05) is 43.6 Å². The molecule has 0 heterocycles. The van der Waals surface area contributed by atoms with Crippen LogP contribution >= 0.6 is 15.9 Å². The Morgan fingerprint density at radius 1 is 1.28 bits per heavy atom. The minimum atomic E-state index is 0.239. The molecule has 0 aliphatic rings. The first-order chi connectivity index (χ1) is 8.58. The second-order valence-electron chi connectivity index (χ2n) is 4.79. The number of benzene rings is 1. The summed E-state index contributed by atoms with van der Waals surface area (Å²) in [7, 11) is 0. The number of nitrogens with one attached hydrogen (secondary N) is 1. The highest BCUT2D eigenvalue weighted by molar-refractivity contribution is 9.10. The van der Waals surface area contributed by atoms with E-state index in [9.17, 15) is 0 Å². The molecule has 0 aliphatic carbocycles. The van der Waals surface area contributed by atoms with Crippen LogP contribution in [-0.4, -0.2) is 19.2 Å². The van der Waals surface area contributed by atoms with Gasteiger partial charge in [-0.15, -0.1) is 0 Å². The van der Waals surface area contributed by atoms with Crippen LogP contribution < -0.4 is 10.1 Å². The fraction of sp³-hybridized carbons (Fsp3) is 0.600. The number of hydrogen-bond acceptors (Lipinski definition) is 2. The Kier molecular flexibility index (Phi) is 6.72. The Balaban J connectivity index is 2.81. The van der Waals surface area contributed by atoms with Crippen molar-refractivity contribution >= 4 is 15.9 Å². The number of likely N-dealkylation sites (N-methyl/N-ethyl adjacent to an activating group) is 1. The number of hydrogen-bond donors (Lipinski definition) is 1. The van der Waals surface area contributed by atoms with Crippen LogP contribution in [0.2, 0.25) is 0 Å². The molecule has 0 fully saturated rings. The zero-order valence-corrected chi connectivity index (χ0v) is 13.4. The molecule has 1 rings (SSSR count). The zero-order chi connectivity index (χ0) is 13.5. The largest absolute Gasteiger partial charge is 0.489 e. The zero-order valence-electron chi connectivity index (χ0n) is 11.8. The van der Waals surface area contributed by atoms with Crippen molar-refractivity contribution in [1.29, 1.82) is 0 Å². The Morgan fingerprint density at radius 3 is 2.56 bits per heavy atom. The Morgan fingerprint density at radius 2 is 2.00 bits per heavy atom. The molecule has 0 amide bonds. The predicted molar refractivity (Wildman–Crippen MR) is 81.5 cm³/mol. The van der Waals surface area contributed by atoms with Gasteiger partial charge in [0.15, 0.2) is 0 Å². The molecule has 1 aromatic carbocycles. The van der Waals surface area contributed by atoms with Crippen LogP contribution in [0.5, 0.6) is 5.75 Å². The molecule has 102 valence electrons. The molecule has 0 saturated carbocycles. The molecule has 1 atom stereocenters. The molecule has 1 unspecified atom stereocenters. The van der Waals surface area contributed by atoms with Crippen LogP contribution in [0.4, 0.5) is 0 Å². The summed E-state index contributed by atoms with van der Waals surface area (Å²) in [6.07, 6.45) is 1.25. The van der Waals surface area contributed by atoms with Gasteiger partial charge in [0, 0.05) is 11.0 Å². The molecule has 0 bridgehead atoms. The minimum Gasteiger partial charge on any atom is -0.489 e. The lowest BCUT2D eigenvalue weighted by Crippen LogP contribution is -2.31. The van der Waals surface area contributed by atoms with E-state index in [4.69, 9.17) is 4.74 Å². The number of ether oxygens (including phenoxy) is 1. The van der Waals surface area contributed by atoms with E-state index in [2.05, 4.69) is 61.1 Å². The summed E-state index contributed by atoms with van der Waals surface area (Å²) in [6.45, 7) is 10.6. The van der Waals surface area contributed by atoms with Crippen molar-refractivity contribution in [1.82, 2.24) is 5.32 Å². The lowest BCUT2D eigenvalue weighted by molar-refractivity contribution is 0.192. The first-order valence-electron chi connectivity index (χ1n) is 6.75. The van der Waals surface area contributed by atoms with E-state index in [-0.39, 0.29) is 6.10 Å². The van der Waals surface area contributed by atoms with Crippen molar-refractivity contribution in [3.8, 4) is 5.75 Å². The average molecular weight is 314 g/mol. The summed E-state index contributed by atoms with van der Waals surface area (Å²) < 4.78 is 7.24. The Labute approximate surface area is 119 Å². The van der Waals surface area contributed by atoms with E-state index in [1.807, 2.05) is 6.07 Å². The average Bonchev–Trinajstić information content (AvgIpc) is 2.35. The topological polar surface area (TPSA) is 21.3 Å². The molecule has 0 radical (unpaired) electrons. The molecule has 0 spiro atoms. The van der Waals surface area contributed by atoms with Crippen LogP contribution in [-0.2, 0) is 0 Å². The van der Waals surface area contributed by atoms with Gasteiger partial charge in [-0.3, -0.25) is 0 Å². The van der Waals surface area contributed by atoms with Gasteiger partial charge >= 0.3 is 0 Å². The molecule has 3 heteroatoms. The summed E-state index contributed by atoms with van der Waals surface area (Å²) in [5, 5.41) is 3.35. The van der Waals surface area contributed by atoms with E-state index < -0.39 is 0 Å². The van der Waals surface area contributed by atoms with Gasteiger partial charge in [0.05, 0.1) is 0 Å². The van der Waals surface area contributed by atoms with Crippen molar-refractivity contribution in [2.45, 2.75) is 46.1 Å². The molecular weight excluding hydrogens is 290 g/mol. The van der Waals surface area contributed by atoms with Gasteiger partial charge in [0.2, 0.25) is 0 Å². The maximum absolute atomic E-state index is 6.13. The first-order valence-corrected chi connectivity index (χ1v) is 7.54. The Hall–Kier alpha value is -0.540. The predicted octanol–water partition coefficient (Wildman–Crippen LogP) is 4.34. The van der Waals surface area contributed by atoms with Crippen molar-refractivity contribution in [3.63, 3.8) is 0 Å².